The second-order valence-electron chi connectivity index (χ2n) is 8.03. The molecule has 0 radical (unpaired) electrons. The number of nitrogens with one attached hydrogen (secondary N) is 1. The standard InChI is InChI=1S/C24H20BrF3N2O4S/c1-15-11-16-12-18(25)5-10-22(16)30(15)23(31)14-34-20-6-8-21(9-7-20)35(32,33)29-19-4-2-3-17(13-19)24(26,27)28/h2-10,12-13,15,29H,11,14H2,1H3/t15-/m1/s1. The molecule has 1 N–H and O–H groups in total. The van der Waals surface area contributed by atoms with Crippen LogP contribution in [0.3, 0.4) is 0 Å². The number of carbonyl (C=O) groups is 1. The zero-order chi connectivity index (χ0) is 25.4. The topological polar surface area (TPSA) is 75.7 Å². The van der Waals surface area contributed by atoms with Crippen LogP contribution in [0.2, 0.25) is 0 Å². The van der Waals surface area contributed by atoms with Gasteiger partial charge in [-0.05, 0) is 79.6 Å². The van der Waals surface area contributed by atoms with Gasteiger partial charge < -0.3 is 9.64 Å². The molecule has 6 nitrogen and oxygen atoms in total. The second kappa shape index (κ2) is 9.54. The van der Waals surface area contributed by atoms with E-state index < -0.39 is 21.8 Å². The first-order chi connectivity index (χ1) is 16.4. The molecule has 4 rings (SSSR count). The van der Waals surface area contributed by atoms with E-state index in [1.54, 1.807) is 4.90 Å². The van der Waals surface area contributed by atoms with Crippen molar-refractivity contribution in [3.05, 3.63) is 82.3 Å². The van der Waals surface area contributed by atoms with Gasteiger partial charge in [-0.2, -0.15) is 13.2 Å². The summed E-state index contributed by atoms with van der Waals surface area (Å²) in [7, 11) is -4.13. The molecule has 1 atom stereocenters. The van der Waals surface area contributed by atoms with E-state index in [1.165, 1.54) is 30.3 Å². The number of anilines is 2. The molecule has 1 aliphatic rings. The Morgan fingerprint density at radius 3 is 2.51 bits per heavy atom. The Balaban J connectivity index is 1.41. The Kier molecular flexibility index (Phi) is 6.83. The molecule has 0 fully saturated rings. The fraction of sp³-hybridized carbons (Fsp3) is 0.208. The molecule has 0 spiro atoms. The quantitative estimate of drug-likeness (QED) is 0.418. The van der Waals surface area contributed by atoms with Crippen LogP contribution in [0.4, 0.5) is 24.5 Å². The summed E-state index contributed by atoms with van der Waals surface area (Å²) in [5.74, 6) is 0.0423. The molecule has 0 saturated carbocycles. The molecule has 3 aromatic rings. The highest BCUT2D eigenvalue weighted by molar-refractivity contribution is 9.10. The maximum Gasteiger partial charge on any atom is 0.416 e. The van der Waals surface area contributed by atoms with E-state index >= 15 is 0 Å². The largest absolute Gasteiger partial charge is 0.484 e. The van der Waals surface area contributed by atoms with Crippen LogP contribution in [0.1, 0.15) is 18.1 Å². The van der Waals surface area contributed by atoms with Crippen LogP contribution in [0, 0.1) is 0 Å². The first-order valence-corrected chi connectivity index (χ1v) is 12.7. The summed E-state index contributed by atoms with van der Waals surface area (Å²) in [4.78, 5) is 14.3. The Morgan fingerprint density at radius 1 is 1.11 bits per heavy atom. The van der Waals surface area contributed by atoms with Gasteiger partial charge in [-0.1, -0.05) is 22.0 Å². The number of hydrogen-bond acceptors (Lipinski definition) is 4. The lowest BCUT2D eigenvalue weighted by atomic mass is 10.1. The highest BCUT2D eigenvalue weighted by atomic mass is 79.9. The van der Waals surface area contributed by atoms with Gasteiger partial charge in [0, 0.05) is 21.9 Å². The molecule has 0 aliphatic carbocycles. The van der Waals surface area contributed by atoms with Gasteiger partial charge in [0.2, 0.25) is 0 Å². The van der Waals surface area contributed by atoms with Gasteiger partial charge in [-0.25, -0.2) is 8.42 Å². The van der Waals surface area contributed by atoms with Crippen LogP contribution in [0.25, 0.3) is 0 Å². The van der Waals surface area contributed by atoms with Crippen molar-refractivity contribution in [2.24, 2.45) is 0 Å². The van der Waals surface area contributed by atoms with Crippen LogP contribution in [0.15, 0.2) is 76.1 Å². The summed E-state index contributed by atoms with van der Waals surface area (Å²) in [6, 6.07) is 14.9. The van der Waals surface area contributed by atoms with Crippen LogP contribution < -0.4 is 14.4 Å². The monoisotopic (exact) mass is 568 g/mol. The van der Waals surface area contributed by atoms with Gasteiger partial charge in [-0.3, -0.25) is 9.52 Å². The summed E-state index contributed by atoms with van der Waals surface area (Å²) in [5, 5.41) is 0. The van der Waals surface area contributed by atoms with Gasteiger partial charge in [0.25, 0.3) is 15.9 Å². The van der Waals surface area contributed by atoms with Crippen LogP contribution in [-0.2, 0) is 27.4 Å². The Labute approximate surface area is 208 Å². The third-order valence-corrected chi connectivity index (χ3v) is 7.35. The Bertz CT molecular complexity index is 1360. The lowest BCUT2D eigenvalue weighted by Crippen LogP contribution is -2.39. The van der Waals surface area contributed by atoms with Gasteiger partial charge in [0.05, 0.1) is 10.5 Å². The van der Waals surface area contributed by atoms with Crippen LogP contribution in [0.5, 0.6) is 5.75 Å². The first-order valence-electron chi connectivity index (χ1n) is 10.5. The second-order valence-corrected chi connectivity index (χ2v) is 10.6. The number of alkyl halides is 3. The molecule has 11 heteroatoms. The van der Waals surface area contributed by atoms with Crippen LogP contribution in [-0.4, -0.2) is 27.0 Å². The fourth-order valence-corrected chi connectivity index (χ4v) is 5.34. The third-order valence-electron chi connectivity index (χ3n) is 5.46. The molecule has 0 saturated heterocycles. The number of benzene rings is 3. The molecule has 0 bridgehead atoms. The SMILES string of the molecule is C[C@@H]1Cc2cc(Br)ccc2N1C(=O)COc1ccc(S(=O)(=O)Nc2cccc(C(F)(F)F)c2)cc1. The zero-order valence-electron chi connectivity index (χ0n) is 18.3. The highest BCUT2D eigenvalue weighted by Crippen LogP contribution is 2.34. The number of hydrogen-bond donors (Lipinski definition) is 1. The number of halogens is 4. The number of sulfonamides is 1. The number of fused-ring (bicyclic) bond motifs is 1. The number of nitrogens with zero attached hydrogens (tertiary/aromatic N) is 1. The van der Waals surface area contributed by atoms with E-state index in [9.17, 15) is 26.4 Å². The predicted octanol–water partition coefficient (Wildman–Crippen LogP) is 5.63. The van der Waals surface area contributed by atoms with Crippen molar-refractivity contribution >= 4 is 43.2 Å². The molecule has 1 aliphatic heterocycles. The smallest absolute Gasteiger partial charge is 0.416 e. The summed E-state index contributed by atoms with van der Waals surface area (Å²) in [6.07, 6.45) is -3.87. The van der Waals surface area contributed by atoms with E-state index in [0.29, 0.717) is 0 Å². The lowest BCUT2D eigenvalue weighted by Gasteiger charge is -2.22. The highest BCUT2D eigenvalue weighted by Gasteiger charge is 2.32. The van der Waals surface area contributed by atoms with Gasteiger partial charge in [0.15, 0.2) is 6.61 Å². The average molecular weight is 569 g/mol. The maximum absolute atomic E-state index is 12.9. The van der Waals surface area contributed by atoms with Gasteiger partial charge in [-0.15, -0.1) is 0 Å². The first kappa shape index (κ1) is 25.1. The van der Waals surface area contributed by atoms with Crippen molar-refractivity contribution in [1.29, 1.82) is 0 Å². The summed E-state index contributed by atoms with van der Waals surface area (Å²) < 4.78 is 72.5. The predicted molar refractivity (Wildman–Crippen MR) is 129 cm³/mol. The molecule has 3 aromatic carbocycles. The van der Waals surface area contributed by atoms with E-state index in [0.717, 1.165) is 40.3 Å². The average Bonchev–Trinajstić information content (AvgIpc) is 3.12. The van der Waals surface area contributed by atoms with Crippen molar-refractivity contribution in [3.8, 4) is 5.75 Å². The molecule has 184 valence electrons. The normalized spacial score (nSPS) is 15.6. The van der Waals surface area contributed by atoms with Crippen molar-refractivity contribution in [1.82, 2.24) is 0 Å². The minimum atomic E-state index is -4.59. The van der Waals surface area contributed by atoms with Gasteiger partial charge in [0.1, 0.15) is 5.75 Å². The summed E-state index contributed by atoms with van der Waals surface area (Å²) >= 11 is 3.43. The zero-order valence-corrected chi connectivity index (χ0v) is 20.7. The number of carbonyl (C=O) groups excluding carboxylic acids is 1. The van der Waals surface area contributed by atoms with E-state index in [4.69, 9.17) is 4.74 Å². The molecular formula is C24H20BrF3N2O4S. The molecule has 0 unspecified atom stereocenters. The van der Waals surface area contributed by atoms with Crippen molar-refractivity contribution in [2.45, 2.75) is 30.5 Å². The number of ether oxygens (including phenoxy) is 1. The van der Waals surface area contributed by atoms with E-state index in [1.807, 2.05) is 25.1 Å². The molecule has 35 heavy (non-hydrogen) atoms. The minimum absolute atomic E-state index is 0.0233. The molecule has 0 aromatic heterocycles. The third kappa shape index (κ3) is 5.62. The Hall–Kier alpha value is -3.05. The van der Waals surface area contributed by atoms with Crippen molar-refractivity contribution in [2.75, 3.05) is 16.2 Å². The lowest BCUT2D eigenvalue weighted by molar-refractivity contribution is -0.137. The molecule has 1 heterocycles. The van der Waals surface area contributed by atoms with Crippen molar-refractivity contribution in [3.63, 3.8) is 0 Å². The van der Waals surface area contributed by atoms with Crippen molar-refractivity contribution < 1.29 is 31.1 Å². The van der Waals surface area contributed by atoms with E-state index in [-0.39, 0.29) is 34.9 Å². The van der Waals surface area contributed by atoms with E-state index in [2.05, 4.69) is 20.7 Å². The molecular weight excluding hydrogens is 549 g/mol. The fourth-order valence-electron chi connectivity index (χ4n) is 3.88. The van der Waals surface area contributed by atoms with Gasteiger partial charge >= 0.3 is 6.18 Å². The number of rotatable bonds is 6. The summed E-state index contributed by atoms with van der Waals surface area (Å²) in [5.41, 5.74) is 0.714. The maximum atomic E-state index is 12.9. The number of amides is 1. The minimum Gasteiger partial charge on any atom is -0.484 e. The molecule has 1 amide bonds. The van der Waals surface area contributed by atoms with Crippen LogP contribution >= 0.6 is 15.9 Å². The Morgan fingerprint density at radius 2 is 1.83 bits per heavy atom. The summed E-state index contributed by atoms with van der Waals surface area (Å²) in [6.45, 7) is 1.71.